The molecule has 0 aliphatic heterocycles. The number of esters is 1. The zero-order valence-electron chi connectivity index (χ0n) is 7.96. The lowest BCUT2D eigenvalue weighted by Gasteiger charge is -2.07. The lowest BCUT2D eigenvalue weighted by atomic mass is 10.3. The van der Waals surface area contributed by atoms with E-state index >= 15 is 0 Å². The van der Waals surface area contributed by atoms with Crippen LogP contribution in [-0.4, -0.2) is 25.0 Å². The lowest BCUT2D eigenvalue weighted by molar-refractivity contribution is -0.135. The van der Waals surface area contributed by atoms with E-state index in [1.54, 1.807) is 13.8 Å². The van der Waals surface area contributed by atoms with Crippen molar-refractivity contribution >= 4 is 11.9 Å². The molecule has 1 amide bonds. The molecule has 0 aliphatic rings. The molecule has 0 fully saturated rings. The standard InChI is InChI=1S/C8H14N2O3/c1-5(2)10-8(12)6(9)4-7(11)13-3/h4-5H,9H2,1-3H3,(H,10,12)/b6-4-. The third-order valence-corrected chi connectivity index (χ3v) is 1.16. The minimum absolute atomic E-state index is 0.0166. The molecule has 0 aliphatic carbocycles. The number of carbonyl (C=O) groups is 2. The van der Waals surface area contributed by atoms with Gasteiger partial charge in [-0.25, -0.2) is 4.79 Å². The number of carbonyl (C=O) groups excluding carboxylic acids is 2. The van der Waals surface area contributed by atoms with Crippen LogP contribution in [0, 0.1) is 0 Å². The third-order valence-electron chi connectivity index (χ3n) is 1.16. The Morgan fingerprint density at radius 1 is 1.46 bits per heavy atom. The van der Waals surface area contributed by atoms with Gasteiger partial charge >= 0.3 is 5.97 Å². The summed E-state index contributed by atoms with van der Waals surface area (Å²) in [5.41, 5.74) is 5.14. The van der Waals surface area contributed by atoms with Gasteiger partial charge in [0.1, 0.15) is 5.70 Å². The summed E-state index contributed by atoms with van der Waals surface area (Å²) < 4.78 is 4.30. The monoisotopic (exact) mass is 186 g/mol. The van der Waals surface area contributed by atoms with Crippen LogP contribution in [0.15, 0.2) is 11.8 Å². The van der Waals surface area contributed by atoms with Gasteiger partial charge < -0.3 is 15.8 Å². The maximum absolute atomic E-state index is 11.1. The summed E-state index contributed by atoms with van der Waals surface area (Å²) in [4.78, 5) is 21.7. The predicted molar refractivity (Wildman–Crippen MR) is 47.6 cm³/mol. The smallest absolute Gasteiger partial charge is 0.332 e. The molecule has 0 saturated carbocycles. The van der Waals surface area contributed by atoms with E-state index in [2.05, 4.69) is 10.1 Å². The molecule has 0 unspecified atom stereocenters. The van der Waals surface area contributed by atoms with Crippen LogP contribution in [0.5, 0.6) is 0 Å². The van der Waals surface area contributed by atoms with E-state index < -0.39 is 11.9 Å². The van der Waals surface area contributed by atoms with Crippen molar-refractivity contribution in [1.29, 1.82) is 0 Å². The summed E-state index contributed by atoms with van der Waals surface area (Å²) in [5, 5.41) is 2.53. The molecular weight excluding hydrogens is 172 g/mol. The SMILES string of the molecule is COC(=O)/C=C(\N)C(=O)NC(C)C. The largest absolute Gasteiger partial charge is 0.466 e. The Labute approximate surface area is 76.9 Å². The van der Waals surface area contributed by atoms with Crippen LogP contribution < -0.4 is 11.1 Å². The fraction of sp³-hybridized carbons (Fsp3) is 0.500. The van der Waals surface area contributed by atoms with Crippen molar-refractivity contribution in [3.63, 3.8) is 0 Å². The second-order valence-corrected chi connectivity index (χ2v) is 2.75. The molecule has 0 aromatic heterocycles. The minimum atomic E-state index is -0.642. The molecule has 0 aromatic rings. The van der Waals surface area contributed by atoms with Crippen LogP contribution >= 0.6 is 0 Å². The second-order valence-electron chi connectivity index (χ2n) is 2.75. The lowest BCUT2D eigenvalue weighted by Crippen LogP contribution is -2.34. The Hall–Kier alpha value is -1.52. The molecule has 0 aromatic carbocycles. The van der Waals surface area contributed by atoms with Crippen LogP contribution in [-0.2, 0) is 14.3 Å². The highest BCUT2D eigenvalue weighted by atomic mass is 16.5. The van der Waals surface area contributed by atoms with E-state index in [9.17, 15) is 9.59 Å². The molecule has 0 bridgehead atoms. The second kappa shape index (κ2) is 5.18. The fourth-order valence-electron chi connectivity index (χ4n) is 0.597. The van der Waals surface area contributed by atoms with Crippen molar-refractivity contribution < 1.29 is 14.3 Å². The Bertz CT molecular complexity index is 234. The zero-order chi connectivity index (χ0) is 10.4. The molecule has 0 saturated heterocycles. The maximum atomic E-state index is 11.1. The number of nitrogens with one attached hydrogen (secondary N) is 1. The van der Waals surface area contributed by atoms with Gasteiger partial charge in [-0.3, -0.25) is 4.79 Å². The molecule has 5 nitrogen and oxygen atoms in total. The van der Waals surface area contributed by atoms with Crippen LogP contribution in [0.25, 0.3) is 0 Å². The number of ether oxygens (including phenoxy) is 1. The summed E-state index contributed by atoms with van der Waals surface area (Å²) in [6.45, 7) is 3.59. The van der Waals surface area contributed by atoms with Crippen molar-refractivity contribution in [3.8, 4) is 0 Å². The topological polar surface area (TPSA) is 81.4 Å². The maximum Gasteiger partial charge on any atom is 0.332 e. The molecule has 0 heterocycles. The molecular formula is C8H14N2O3. The van der Waals surface area contributed by atoms with E-state index in [1.807, 2.05) is 0 Å². The van der Waals surface area contributed by atoms with Gasteiger partial charge in [0, 0.05) is 6.04 Å². The van der Waals surface area contributed by atoms with Gasteiger partial charge in [0.25, 0.3) is 5.91 Å². The van der Waals surface area contributed by atoms with E-state index in [0.717, 1.165) is 6.08 Å². The fourth-order valence-corrected chi connectivity index (χ4v) is 0.597. The van der Waals surface area contributed by atoms with Gasteiger partial charge in [-0.2, -0.15) is 0 Å². The number of hydrogen-bond acceptors (Lipinski definition) is 4. The molecule has 3 N–H and O–H groups in total. The molecule has 5 heteroatoms. The van der Waals surface area contributed by atoms with Crippen molar-refractivity contribution in [1.82, 2.24) is 5.32 Å². The highest BCUT2D eigenvalue weighted by Gasteiger charge is 2.08. The molecule has 0 spiro atoms. The quantitative estimate of drug-likeness (QED) is 0.461. The Balaban J connectivity index is 4.25. The highest BCUT2D eigenvalue weighted by molar-refractivity contribution is 5.98. The van der Waals surface area contributed by atoms with Gasteiger partial charge in [-0.15, -0.1) is 0 Å². The Kier molecular flexibility index (Phi) is 4.58. The molecule has 74 valence electrons. The van der Waals surface area contributed by atoms with Crippen molar-refractivity contribution in [2.24, 2.45) is 5.73 Å². The van der Waals surface area contributed by atoms with E-state index in [0.29, 0.717) is 0 Å². The first-order chi connectivity index (χ1) is 5.97. The van der Waals surface area contributed by atoms with Gasteiger partial charge in [-0.05, 0) is 13.8 Å². The molecule has 13 heavy (non-hydrogen) atoms. The molecule has 0 radical (unpaired) electrons. The van der Waals surface area contributed by atoms with Crippen LogP contribution in [0.1, 0.15) is 13.8 Å². The normalized spacial score (nSPS) is 11.2. The van der Waals surface area contributed by atoms with Gasteiger partial charge in [0.05, 0.1) is 13.2 Å². The number of rotatable bonds is 3. The van der Waals surface area contributed by atoms with Crippen LogP contribution in [0.3, 0.4) is 0 Å². The van der Waals surface area contributed by atoms with E-state index in [-0.39, 0.29) is 11.7 Å². The molecule has 0 atom stereocenters. The van der Waals surface area contributed by atoms with Crippen molar-refractivity contribution in [2.75, 3.05) is 7.11 Å². The first-order valence-corrected chi connectivity index (χ1v) is 3.83. The summed E-state index contributed by atoms with van der Waals surface area (Å²) in [5.74, 6) is -1.11. The van der Waals surface area contributed by atoms with Gasteiger partial charge in [0.15, 0.2) is 0 Å². The number of methoxy groups -OCH3 is 1. The van der Waals surface area contributed by atoms with Crippen LogP contribution in [0.4, 0.5) is 0 Å². The van der Waals surface area contributed by atoms with Crippen molar-refractivity contribution in [2.45, 2.75) is 19.9 Å². The van der Waals surface area contributed by atoms with Gasteiger partial charge in [-0.1, -0.05) is 0 Å². The average molecular weight is 186 g/mol. The summed E-state index contributed by atoms with van der Waals surface area (Å²) in [6, 6.07) is -0.0166. The first kappa shape index (κ1) is 11.5. The minimum Gasteiger partial charge on any atom is -0.466 e. The van der Waals surface area contributed by atoms with Crippen LogP contribution in [0.2, 0.25) is 0 Å². The number of hydrogen-bond donors (Lipinski definition) is 2. The Morgan fingerprint density at radius 2 is 2.00 bits per heavy atom. The summed E-state index contributed by atoms with van der Waals surface area (Å²) in [6.07, 6.45) is 0.942. The molecule has 0 rings (SSSR count). The summed E-state index contributed by atoms with van der Waals surface area (Å²) in [7, 11) is 1.21. The first-order valence-electron chi connectivity index (χ1n) is 3.83. The number of nitrogens with two attached hydrogens (primary N) is 1. The van der Waals surface area contributed by atoms with E-state index in [4.69, 9.17) is 5.73 Å². The van der Waals surface area contributed by atoms with Crippen molar-refractivity contribution in [3.05, 3.63) is 11.8 Å². The Morgan fingerprint density at radius 3 is 2.38 bits per heavy atom. The zero-order valence-corrected chi connectivity index (χ0v) is 7.96. The third kappa shape index (κ3) is 4.84. The van der Waals surface area contributed by atoms with E-state index in [1.165, 1.54) is 7.11 Å². The predicted octanol–water partition coefficient (Wildman–Crippen LogP) is -0.473. The number of amides is 1. The summed E-state index contributed by atoms with van der Waals surface area (Å²) >= 11 is 0. The average Bonchev–Trinajstić information content (AvgIpc) is 2.02. The van der Waals surface area contributed by atoms with Gasteiger partial charge in [0.2, 0.25) is 0 Å². The highest BCUT2D eigenvalue weighted by Crippen LogP contribution is 1.88.